The van der Waals surface area contributed by atoms with Crippen LogP contribution in [0.1, 0.15) is 24.6 Å². The maximum absolute atomic E-state index is 6.06. The van der Waals surface area contributed by atoms with Gasteiger partial charge in [0.05, 0.1) is 10.2 Å². The molecule has 2 N–H and O–H groups in total. The number of ether oxygens (including phenoxy) is 1. The lowest BCUT2D eigenvalue weighted by atomic mass is 10.0. The summed E-state index contributed by atoms with van der Waals surface area (Å²) in [7, 11) is 0. The number of aromatic nitrogens is 1. The van der Waals surface area contributed by atoms with E-state index in [0.717, 1.165) is 38.8 Å². The normalized spacial score (nSPS) is 12.2. The van der Waals surface area contributed by atoms with Gasteiger partial charge in [-0.3, -0.25) is 4.98 Å². The summed E-state index contributed by atoms with van der Waals surface area (Å²) in [4.78, 5) is 4.32. The zero-order valence-electron chi connectivity index (χ0n) is 11.9. The van der Waals surface area contributed by atoms with Crippen molar-refractivity contribution in [2.24, 2.45) is 5.73 Å². The van der Waals surface area contributed by atoms with Crippen molar-refractivity contribution in [3.8, 4) is 5.75 Å². The predicted molar refractivity (Wildman–Crippen MR) is 92.4 cm³/mol. The number of nitrogens with zero attached hydrogens (tertiary/aromatic N) is 1. The van der Waals surface area contributed by atoms with Crippen LogP contribution in [0.2, 0.25) is 0 Å². The van der Waals surface area contributed by atoms with Gasteiger partial charge >= 0.3 is 0 Å². The molecule has 5 heteroatoms. The number of rotatable bonds is 6. The van der Waals surface area contributed by atoms with Crippen LogP contribution in [-0.2, 0) is 13.0 Å². The summed E-state index contributed by atoms with van der Waals surface area (Å²) >= 11 is 6.93. The first-order valence-electron chi connectivity index (χ1n) is 6.86. The van der Waals surface area contributed by atoms with Crippen LogP contribution >= 0.6 is 31.9 Å². The zero-order chi connectivity index (χ0) is 15.2. The van der Waals surface area contributed by atoms with Gasteiger partial charge in [-0.25, -0.2) is 0 Å². The minimum Gasteiger partial charge on any atom is -0.486 e. The Bertz CT molecular complexity index is 587. The molecule has 0 fully saturated rings. The van der Waals surface area contributed by atoms with E-state index in [9.17, 15) is 0 Å². The van der Waals surface area contributed by atoms with E-state index in [1.165, 1.54) is 0 Å². The molecule has 0 bridgehead atoms. The van der Waals surface area contributed by atoms with E-state index in [4.69, 9.17) is 10.5 Å². The van der Waals surface area contributed by atoms with E-state index in [0.29, 0.717) is 6.61 Å². The highest BCUT2D eigenvalue weighted by atomic mass is 79.9. The van der Waals surface area contributed by atoms with Gasteiger partial charge in [-0.1, -0.05) is 19.1 Å². The summed E-state index contributed by atoms with van der Waals surface area (Å²) in [5.74, 6) is 0.853. The van der Waals surface area contributed by atoms with Gasteiger partial charge in [0, 0.05) is 16.7 Å². The lowest BCUT2D eigenvalue weighted by Crippen LogP contribution is -2.21. The third-order valence-corrected chi connectivity index (χ3v) is 4.30. The molecule has 0 saturated heterocycles. The summed E-state index contributed by atoms with van der Waals surface area (Å²) < 4.78 is 7.86. The first-order chi connectivity index (χ1) is 10.1. The molecule has 1 unspecified atom stereocenters. The van der Waals surface area contributed by atoms with Crippen molar-refractivity contribution in [2.75, 3.05) is 0 Å². The first-order valence-corrected chi connectivity index (χ1v) is 8.45. The molecule has 0 spiro atoms. The minimum absolute atomic E-state index is 0.146. The summed E-state index contributed by atoms with van der Waals surface area (Å²) in [5, 5.41) is 0. The molecule has 0 aliphatic carbocycles. The van der Waals surface area contributed by atoms with Crippen LogP contribution < -0.4 is 10.5 Å². The van der Waals surface area contributed by atoms with Gasteiger partial charge in [0.15, 0.2) is 0 Å². The smallest absolute Gasteiger partial charge is 0.137 e. The van der Waals surface area contributed by atoms with Crippen molar-refractivity contribution in [2.45, 2.75) is 32.4 Å². The van der Waals surface area contributed by atoms with E-state index < -0.39 is 0 Å². The summed E-state index contributed by atoms with van der Waals surface area (Å²) in [6, 6.07) is 10.1. The number of halogens is 2. The highest BCUT2D eigenvalue weighted by molar-refractivity contribution is 9.10. The number of pyridine rings is 1. The first kappa shape index (κ1) is 16.5. The SMILES string of the molecule is CCC(N)Cc1cccc(Br)c1OCc1ccc(Br)cn1. The summed E-state index contributed by atoms with van der Waals surface area (Å²) in [5.41, 5.74) is 8.07. The Morgan fingerprint density at radius 3 is 2.71 bits per heavy atom. The fourth-order valence-corrected chi connectivity index (χ4v) is 2.70. The number of para-hydroxylation sites is 1. The third-order valence-electron chi connectivity index (χ3n) is 3.21. The highest BCUT2D eigenvalue weighted by Gasteiger charge is 2.11. The van der Waals surface area contributed by atoms with E-state index >= 15 is 0 Å². The molecule has 2 aromatic rings. The molecule has 1 aromatic heterocycles. The third kappa shape index (κ3) is 4.80. The summed E-state index contributed by atoms with van der Waals surface area (Å²) in [6.07, 6.45) is 3.52. The number of benzene rings is 1. The molecule has 0 saturated carbocycles. The van der Waals surface area contributed by atoms with E-state index in [2.05, 4.69) is 49.8 Å². The summed E-state index contributed by atoms with van der Waals surface area (Å²) in [6.45, 7) is 2.53. The van der Waals surface area contributed by atoms with Gasteiger partial charge in [0.1, 0.15) is 12.4 Å². The van der Waals surface area contributed by atoms with Crippen LogP contribution in [0.4, 0.5) is 0 Å². The van der Waals surface area contributed by atoms with Gasteiger partial charge in [-0.15, -0.1) is 0 Å². The van der Waals surface area contributed by atoms with Gasteiger partial charge in [-0.05, 0) is 68.5 Å². The zero-order valence-corrected chi connectivity index (χ0v) is 15.0. The van der Waals surface area contributed by atoms with Gasteiger partial charge in [-0.2, -0.15) is 0 Å². The monoisotopic (exact) mass is 412 g/mol. The molecular formula is C16H18Br2N2O. The molecule has 21 heavy (non-hydrogen) atoms. The molecule has 0 aliphatic heterocycles. The van der Waals surface area contributed by atoms with Crippen molar-refractivity contribution < 1.29 is 4.74 Å². The van der Waals surface area contributed by atoms with Crippen molar-refractivity contribution in [1.29, 1.82) is 0 Å². The second-order valence-electron chi connectivity index (χ2n) is 4.86. The van der Waals surface area contributed by atoms with Crippen molar-refractivity contribution in [1.82, 2.24) is 4.98 Å². The number of nitrogens with two attached hydrogens (primary N) is 1. The fraction of sp³-hybridized carbons (Fsp3) is 0.312. The van der Waals surface area contributed by atoms with Crippen LogP contribution in [0.3, 0.4) is 0 Å². The van der Waals surface area contributed by atoms with E-state index in [1.807, 2.05) is 24.3 Å². The molecule has 0 amide bonds. The van der Waals surface area contributed by atoms with Crippen molar-refractivity contribution in [3.05, 3.63) is 56.7 Å². The lowest BCUT2D eigenvalue weighted by Gasteiger charge is -2.15. The van der Waals surface area contributed by atoms with Crippen LogP contribution in [0.25, 0.3) is 0 Å². The number of hydrogen-bond donors (Lipinski definition) is 1. The molecule has 1 heterocycles. The van der Waals surface area contributed by atoms with Crippen molar-refractivity contribution in [3.63, 3.8) is 0 Å². The van der Waals surface area contributed by atoms with E-state index in [-0.39, 0.29) is 6.04 Å². The van der Waals surface area contributed by atoms with E-state index in [1.54, 1.807) is 6.20 Å². The van der Waals surface area contributed by atoms with Crippen LogP contribution in [-0.4, -0.2) is 11.0 Å². The van der Waals surface area contributed by atoms with Gasteiger partial charge < -0.3 is 10.5 Å². The quantitative estimate of drug-likeness (QED) is 0.760. The van der Waals surface area contributed by atoms with Crippen LogP contribution in [0.5, 0.6) is 5.75 Å². The van der Waals surface area contributed by atoms with Crippen molar-refractivity contribution >= 4 is 31.9 Å². The van der Waals surface area contributed by atoms with Gasteiger partial charge in [0.2, 0.25) is 0 Å². The molecular weight excluding hydrogens is 396 g/mol. The average Bonchev–Trinajstić information content (AvgIpc) is 2.48. The molecule has 1 aromatic carbocycles. The molecule has 0 radical (unpaired) electrons. The maximum Gasteiger partial charge on any atom is 0.137 e. The molecule has 112 valence electrons. The Balaban J connectivity index is 2.12. The maximum atomic E-state index is 6.06. The second kappa shape index (κ2) is 7.92. The van der Waals surface area contributed by atoms with Gasteiger partial charge in [0.25, 0.3) is 0 Å². The number of hydrogen-bond acceptors (Lipinski definition) is 3. The Labute approximate surface area is 142 Å². The average molecular weight is 414 g/mol. The highest BCUT2D eigenvalue weighted by Crippen LogP contribution is 2.30. The molecule has 0 aliphatic rings. The van der Waals surface area contributed by atoms with Crippen LogP contribution in [0.15, 0.2) is 45.5 Å². The Morgan fingerprint density at radius 2 is 2.05 bits per heavy atom. The topological polar surface area (TPSA) is 48.1 Å². The Morgan fingerprint density at radius 1 is 1.24 bits per heavy atom. The molecule has 1 atom stereocenters. The lowest BCUT2D eigenvalue weighted by molar-refractivity contribution is 0.295. The largest absolute Gasteiger partial charge is 0.486 e. The standard InChI is InChI=1S/C16H18Br2N2O/c1-2-13(19)8-11-4-3-5-15(18)16(11)21-10-14-7-6-12(17)9-20-14/h3-7,9,13H,2,8,10,19H2,1H3. The predicted octanol–water partition coefficient (Wildman–Crippen LogP) is 4.47. The fourth-order valence-electron chi connectivity index (χ4n) is 1.94. The minimum atomic E-state index is 0.146. The molecule has 3 nitrogen and oxygen atoms in total. The Hall–Kier alpha value is -0.910. The molecule has 2 rings (SSSR count). The second-order valence-corrected chi connectivity index (χ2v) is 6.63. The Kier molecular flexibility index (Phi) is 6.21. The van der Waals surface area contributed by atoms with Crippen LogP contribution in [0, 0.1) is 0 Å².